The Balaban J connectivity index is 2.56. The van der Waals surface area contributed by atoms with Crippen molar-refractivity contribution in [3.8, 4) is 0 Å². The molecule has 1 aliphatic heterocycles. The Labute approximate surface area is 117 Å². The summed E-state index contributed by atoms with van der Waals surface area (Å²) in [6.07, 6.45) is 0.643. The lowest BCUT2D eigenvalue weighted by Gasteiger charge is -2.35. The molecule has 7 heteroatoms. The van der Waals surface area contributed by atoms with Gasteiger partial charge in [-0.3, -0.25) is 4.79 Å². The summed E-state index contributed by atoms with van der Waals surface area (Å²) < 4.78 is 0. The number of carbonyl (C=O) groups excluding carboxylic acids is 1. The van der Waals surface area contributed by atoms with E-state index in [1.165, 1.54) is 0 Å². The number of amides is 2. The molecule has 1 heterocycles. The molecular weight excluding hydrogens is 264 g/mol. The van der Waals surface area contributed by atoms with Gasteiger partial charge in [0.05, 0.1) is 0 Å². The van der Waals surface area contributed by atoms with Crippen LogP contribution >= 0.6 is 0 Å². The maximum atomic E-state index is 12.1. The van der Waals surface area contributed by atoms with Gasteiger partial charge in [0.2, 0.25) is 0 Å². The third-order valence-corrected chi connectivity index (χ3v) is 3.40. The summed E-state index contributed by atoms with van der Waals surface area (Å²) in [6.45, 7) is 5.30. The van der Waals surface area contributed by atoms with Crippen molar-refractivity contribution in [3.63, 3.8) is 0 Å². The van der Waals surface area contributed by atoms with Gasteiger partial charge < -0.3 is 20.4 Å². The second kappa shape index (κ2) is 7.12. The van der Waals surface area contributed by atoms with Gasteiger partial charge in [0, 0.05) is 19.5 Å². The highest BCUT2D eigenvalue weighted by Gasteiger charge is 2.28. The van der Waals surface area contributed by atoms with E-state index in [0.29, 0.717) is 24.9 Å². The zero-order chi connectivity index (χ0) is 15.3. The molecule has 20 heavy (non-hydrogen) atoms. The minimum atomic E-state index is -1.21. The Kier molecular flexibility index (Phi) is 5.79. The normalized spacial score (nSPS) is 24.0. The first-order valence-corrected chi connectivity index (χ1v) is 6.79. The average molecular weight is 286 g/mol. The summed E-state index contributed by atoms with van der Waals surface area (Å²) in [7, 11) is 0. The number of urea groups is 1. The van der Waals surface area contributed by atoms with E-state index < -0.39 is 24.0 Å². The van der Waals surface area contributed by atoms with Crippen LogP contribution in [0.1, 0.15) is 33.1 Å². The summed E-state index contributed by atoms with van der Waals surface area (Å²) in [6, 6.07) is -1.59. The predicted molar refractivity (Wildman–Crippen MR) is 71.3 cm³/mol. The Bertz CT molecular complexity index is 375. The summed E-state index contributed by atoms with van der Waals surface area (Å²) in [5, 5.41) is 20.0. The molecule has 3 N–H and O–H groups in total. The number of piperidine rings is 1. The van der Waals surface area contributed by atoms with Gasteiger partial charge >= 0.3 is 18.0 Å². The molecule has 3 unspecified atom stereocenters. The molecule has 2 amide bonds. The van der Waals surface area contributed by atoms with E-state index in [1.807, 2.05) is 0 Å². The number of carboxylic acids is 2. The minimum Gasteiger partial charge on any atom is -0.481 e. The maximum Gasteiger partial charge on any atom is 0.326 e. The van der Waals surface area contributed by atoms with Crippen LogP contribution in [0.2, 0.25) is 0 Å². The van der Waals surface area contributed by atoms with Crippen molar-refractivity contribution < 1.29 is 24.6 Å². The van der Waals surface area contributed by atoms with Crippen molar-refractivity contribution in [2.75, 3.05) is 13.1 Å². The van der Waals surface area contributed by atoms with Gasteiger partial charge in [-0.05, 0) is 24.7 Å². The van der Waals surface area contributed by atoms with Crippen molar-refractivity contribution >= 4 is 18.0 Å². The van der Waals surface area contributed by atoms with E-state index >= 15 is 0 Å². The number of nitrogens with one attached hydrogen (secondary N) is 1. The molecule has 0 aromatic carbocycles. The van der Waals surface area contributed by atoms with Gasteiger partial charge in [-0.25, -0.2) is 9.59 Å². The molecule has 1 aliphatic rings. The smallest absolute Gasteiger partial charge is 0.326 e. The Morgan fingerprint density at radius 3 is 2.20 bits per heavy atom. The summed E-state index contributed by atoms with van der Waals surface area (Å²) in [5.74, 6) is -1.53. The highest BCUT2D eigenvalue weighted by atomic mass is 16.4. The third kappa shape index (κ3) is 5.07. The molecule has 3 atom stereocenters. The van der Waals surface area contributed by atoms with Crippen LogP contribution in [0, 0.1) is 11.8 Å². The van der Waals surface area contributed by atoms with E-state index in [1.54, 1.807) is 4.90 Å². The summed E-state index contributed by atoms with van der Waals surface area (Å²) in [4.78, 5) is 35.2. The maximum absolute atomic E-state index is 12.1. The second-order valence-corrected chi connectivity index (χ2v) is 5.62. The molecule has 1 saturated heterocycles. The zero-order valence-electron chi connectivity index (χ0n) is 11.8. The molecule has 1 rings (SSSR count). The molecular formula is C13H22N2O5. The molecule has 0 aromatic rings. The van der Waals surface area contributed by atoms with Gasteiger partial charge in [-0.1, -0.05) is 13.8 Å². The average Bonchev–Trinajstić information content (AvgIpc) is 2.32. The topological polar surface area (TPSA) is 107 Å². The number of carboxylic acid groups (broad SMARTS) is 2. The minimum absolute atomic E-state index is 0.116. The number of hydrogen-bond donors (Lipinski definition) is 3. The Morgan fingerprint density at radius 1 is 1.20 bits per heavy atom. The van der Waals surface area contributed by atoms with E-state index in [0.717, 1.165) is 6.42 Å². The monoisotopic (exact) mass is 286 g/mol. The first-order chi connectivity index (χ1) is 9.29. The van der Waals surface area contributed by atoms with Crippen LogP contribution in [0.5, 0.6) is 0 Å². The fraction of sp³-hybridized carbons (Fsp3) is 0.769. The fourth-order valence-corrected chi connectivity index (χ4v) is 2.59. The van der Waals surface area contributed by atoms with Gasteiger partial charge in [0.15, 0.2) is 0 Å². The number of likely N-dealkylation sites (tertiary alicyclic amines) is 1. The molecule has 0 radical (unpaired) electrons. The van der Waals surface area contributed by atoms with Crippen molar-refractivity contribution in [3.05, 3.63) is 0 Å². The van der Waals surface area contributed by atoms with E-state index in [2.05, 4.69) is 19.2 Å². The van der Waals surface area contributed by atoms with Crippen LogP contribution in [0.15, 0.2) is 0 Å². The zero-order valence-corrected chi connectivity index (χ0v) is 11.8. The summed E-state index contributed by atoms with van der Waals surface area (Å²) in [5.41, 5.74) is 0. The van der Waals surface area contributed by atoms with Crippen LogP contribution in [-0.2, 0) is 9.59 Å². The van der Waals surface area contributed by atoms with Gasteiger partial charge in [-0.15, -0.1) is 0 Å². The van der Waals surface area contributed by atoms with Crippen molar-refractivity contribution in [1.29, 1.82) is 0 Å². The Morgan fingerprint density at radius 2 is 1.75 bits per heavy atom. The highest BCUT2D eigenvalue weighted by Crippen LogP contribution is 2.20. The third-order valence-electron chi connectivity index (χ3n) is 3.40. The predicted octanol–water partition coefficient (Wildman–Crippen LogP) is 0.992. The van der Waals surface area contributed by atoms with Crippen LogP contribution in [0.3, 0.4) is 0 Å². The first kappa shape index (κ1) is 16.3. The lowest BCUT2D eigenvalue weighted by molar-refractivity contribution is -0.140. The number of aliphatic carboxylic acids is 2. The number of nitrogens with zero attached hydrogens (tertiary/aromatic N) is 1. The second-order valence-electron chi connectivity index (χ2n) is 5.62. The molecule has 0 aliphatic carbocycles. The van der Waals surface area contributed by atoms with Crippen LogP contribution < -0.4 is 5.32 Å². The molecule has 114 valence electrons. The van der Waals surface area contributed by atoms with E-state index in [-0.39, 0.29) is 12.8 Å². The van der Waals surface area contributed by atoms with Crippen molar-refractivity contribution in [2.24, 2.45) is 11.8 Å². The molecule has 0 spiro atoms. The van der Waals surface area contributed by atoms with Crippen LogP contribution in [-0.4, -0.2) is 52.2 Å². The van der Waals surface area contributed by atoms with Crippen LogP contribution in [0.4, 0.5) is 4.79 Å². The SMILES string of the molecule is CC1CC(C)CN(C(=O)NC(CCC(=O)O)C(=O)O)C1. The number of hydrogen-bond acceptors (Lipinski definition) is 3. The van der Waals surface area contributed by atoms with Gasteiger partial charge in [0.1, 0.15) is 6.04 Å². The van der Waals surface area contributed by atoms with Gasteiger partial charge in [0.25, 0.3) is 0 Å². The molecule has 7 nitrogen and oxygen atoms in total. The molecule has 0 bridgehead atoms. The standard InChI is InChI=1S/C13H22N2O5/c1-8-5-9(2)7-15(6-8)13(20)14-10(12(18)19)3-4-11(16)17/h8-10H,3-7H2,1-2H3,(H,14,20)(H,16,17)(H,18,19). The number of carbonyl (C=O) groups is 3. The first-order valence-electron chi connectivity index (χ1n) is 6.79. The van der Waals surface area contributed by atoms with E-state index in [4.69, 9.17) is 10.2 Å². The van der Waals surface area contributed by atoms with Crippen molar-refractivity contribution in [1.82, 2.24) is 10.2 Å². The lowest BCUT2D eigenvalue weighted by Crippen LogP contribution is -2.52. The molecule has 1 fully saturated rings. The Hall–Kier alpha value is -1.79. The molecule has 0 aromatic heterocycles. The number of rotatable bonds is 5. The highest BCUT2D eigenvalue weighted by molar-refractivity contribution is 5.83. The quantitative estimate of drug-likeness (QED) is 0.698. The summed E-state index contributed by atoms with van der Waals surface area (Å²) >= 11 is 0. The largest absolute Gasteiger partial charge is 0.481 e. The van der Waals surface area contributed by atoms with Crippen LogP contribution in [0.25, 0.3) is 0 Å². The lowest BCUT2D eigenvalue weighted by atomic mass is 9.92. The van der Waals surface area contributed by atoms with Gasteiger partial charge in [-0.2, -0.15) is 0 Å². The molecule has 0 saturated carbocycles. The fourth-order valence-electron chi connectivity index (χ4n) is 2.59. The van der Waals surface area contributed by atoms with Crippen molar-refractivity contribution in [2.45, 2.75) is 39.2 Å². The van der Waals surface area contributed by atoms with E-state index in [9.17, 15) is 14.4 Å².